The molecule has 1 unspecified atom stereocenters. The van der Waals surface area contributed by atoms with Gasteiger partial charge < -0.3 is 14.8 Å². The number of rotatable bonds is 7. The highest BCUT2D eigenvalue weighted by Crippen LogP contribution is 2.17. The van der Waals surface area contributed by atoms with Crippen LogP contribution in [0.3, 0.4) is 0 Å². The van der Waals surface area contributed by atoms with Crippen molar-refractivity contribution in [2.75, 3.05) is 19.8 Å². The first-order valence-electron chi connectivity index (χ1n) is 6.79. The predicted octanol–water partition coefficient (Wildman–Crippen LogP) is 2.14. The van der Waals surface area contributed by atoms with Crippen LogP contribution in [0.25, 0.3) is 0 Å². The van der Waals surface area contributed by atoms with Gasteiger partial charge in [-0.05, 0) is 31.9 Å². The lowest BCUT2D eigenvalue weighted by Crippen LogP contribution is -2.19. The van der Waals surface area contributed by atoms with Crippen LogP contribution in [0.4, 0.5) is 0 Å². The molecule has 4 nitrogen and oxygen atoms in total. The molecule has 4 heteroatoms. The fraction of sp³-hybridized carbons (Fsp3) is 0.643. The molecule has 1 fully saturated rings. The summed E-state index contributed by atoms with van der Waals surface area (Å²) in [5.74, 6) is 0.733. The fourth-order valence-electron chi connectivity index (χ4n) is 2.04. The molecule has 100 valence electrons. The SMILES string of the molecule is CCCNCc1cccnc1OCC1CCCO1. The fourth-order valence-corrected chi connectivity index (χ4v) is 2.04. The zero-order valence-electron chi connectivity index (χ0n) is 11.0. The average molecular weight is 250 g/mol. The highest BCUT2D eigenvalue weighted by Gasteiger charge is 2.16. The Kier molecular flexibility index (Phi) is 5.42. The number of aromatic nitrogens is 1. The summed E-state index contributed by atoms with van der Waals surface area (Å²) in [6.07, 6.45) is 5.38. The van der Waals surface area contributed by atoms with Crippen molar-refractivity contribution in [3.63, 3.8) is 0 Å². The Morgan fingerprint density at radius 1 is 1.56 bits per heavy atom. The van der Waals surface area contributed by atoms with Gasteiger partial charge in [0.2, 0.25) is 5.88 Å². The van der Waals surface area contributed by atoms with E-state index in [9.17, 15) is 0 Å². The van der Waals surface area contributed by atoms with Crippen molar-refractivity contribution in [3.8, 4) is 5.88 Å². The molecule has 0 bridgehead atoms. The molecule has 1 aliphatic heterocycles. The first-order chi connectivity index (χ1) is 8.90. The molecule has 0 amide bonds. The normalized spacial score (nSPS) is 19.1. The molecule has 2 rings (SSSR count). The van der Waals surface area contributed by atoms with E-state index in [1.54, 1.807) is 6.20 Å². The molecule has 1 atom stereocenters. The van der Waals surface area contributed by atoms with E-state index in [-0.39, 0.29) is 6.10 Å². The second kappa shape index (κ2) is 7.34. The van der Waals surface area contributed by atoms with Gasteiger partial charge in [-0.15, -0.1) is 0 Å². The van der Waals surface area contributed by atoms with Crippen LogP contribution >= 0.6 is 0 Å². The quantitative estimate of drug-likeness (QED) is 0.753. The number of pyridine rings is 1. The van der Waals surface area contributed by atoms with Gasteiger partial charge in [-0.2, -0.15) is 0 Å². The molecular weight excluding hydrogens is 228 g/mol. The van der Waals surface area contributed by atoms with Gasteiger partial charge in [0.15, 0.2) is 0 Å². The average Bonchev–Trinajstić information content (AvgIpc) is 2.91. The van der Waals surface area contributed by atoms with Crippen molar-refractivity contribution in [1.29, 1.82) is 0 Å². The summed E-state index contributed by atoms with van der Waals surface area (Å²) in [4.78, 5) is 4.30. The van der Waals surface area contributed by atoms with Crippen molar-refractivity contribution in [2.24, 2.45) is 0 Å². The highest BCUT2D eigenvalue weighted by molar-refractivity contribution is 5.25. The molecule has 0 saturated carbocycles. The van der Waals surface area contributed by atoms with Crippen LogP contribution in [0.5, 0.6) is 5.88 Å². The first kappa shape index (κ1) is 13.3. The number of nitrogens with zero attached hydrogens (tertiary/aromatic N) is 1. The van der Waals surface area contributed by atoms with E-state index in [0.717, 1.165) is 50.4 Å². The second-order valence-electron chi connectivity index (χ2n) is 4.59. The second-order valence-corrected chi connectivity index (χ2v) is 4.59. The lowest BCUT2D eigenvalue weighted by molar-refractivity contribution is 0.0659. The maximum atomic E-state index is 5.78. The van der Waals surface area contributed by atoms with Crippen molar-refractivity contribution >= 4 is 0 Å². The van der Waals surface area contributed by atoms with Gasteiger partial charge in [0.1, 0.15) is 6.61 Å². The van der Waals surface area contributed by atoms with Crippen LogP contribution in [0.15, 0.2) is 18.3 Å². The van der Waals surface area contributed by atoms with Crippen LogP contribution in [0, 0.1) is 0 Å². The molecule has 2 heterocycles. The molecule has 1 aliphatic rings. The third kappa shape index (κ3) is 3.96. The smallest absolute Gasteiger partial charge is 0.217 e. The van der Waals surface area contributed by atoms with E-state index in [1.807, 2.05) is 6.07 Å². The Morgan fingerprint density at radius 2 is 2.50 bits per heavy atom. The van der Waals surface area contributed by atoms with E-state index in [4.69, 9.17) is 9.47 Å². The number of hydrogen-bond acceptors (Lipinski definition) is 4. The summed E-state index contributed by atoms with van der Waals surface area (Å²) in [5.41, 5.74) is 1.11. The summed E-state index contributed by atoms with van der Waals surface area (Å²) in [6.45, 7) is 5.45. The first-order valence-corrected chi connectivity index (χ1v) is 6.79. The lowest BCUT2D eigenvalue weighted by Gasteiger charge is -2.13. The van der Waals surface area contributed by atoms with E-state index >= 15 is 0 Å². The maximum absolute atomic E-state index is 5.78. The molecule has 1 saturated heterocycles. The Morgan fingerprint density at radius 3 is 3.28 bits per heavy atom. The summed E-state index contributed by atoms with van der Waals surface area (Å²) < 4.78 is 11.3. The van der Waals surface area contributed by atoms with Crippen LogP contribution in [-0.2, 0) is 11.3 Å². The molecule has 1 aromatic rings. The maximum Gasteiger partial charge on any atom is 0.217 e. The van der Waals surface area contributed by atoms with Gasteiger partial charge in [-0.25, -0.2) is 4.98 Å². The van der Waals surface area contributed by atoms with Crippen LogP contribution in [-0.4, -0.2) is 30.8 Å². The molecule has 0 radical (unpaired) electrons. The molecule has 0 aromatic carbocycles. The topological polar surface area (TPSA) is 43.4 Å². The Labute approximate surface area is 109 Å². The molecule has 18 heavy (non-hydrogen) atoms. The van der Waals surface area contributed by atoms with Gasteiger partial charge in [-0.3, -0.25) is 0 Å². The minimum atomic E-state index is 0.239. The van der Waals surface area contributed by atoms with Gasteiger partial charge in [0.25, 0.3) is 0 Å². The monoisotopic (exact) mass is 250 g/mol. The Hall–Kier alpha value is -1.13. The summed E-state index contributed by atoms with van der Waals surface area (Å²) in [7, 11) is 0. The largest absolute Gasteiger partial charge is 0.475 e. The van der Waals surface area contributed by atoms with Crippen molar-refractivity contribution in [3.05, 3.63) is 23.9 Å². The number of nitrogens with one attached hydrogen (secondary N) is 1. The summed E-state index contributed by atoms with van der Waals surface area (Å²) in [6, 6.07) is 4.00. The highest BCUT2D eigenvalue weighted by atomic mass is 16.5. The van der Waals surface area contributed by atoms with Crippen molar-refractivity contribution < 1.29 is 9.47 Å². The third-order valence-corrected chi connectivity index (χ3v) is 3.02. The van der Waals surface area contributed by atoms with E-state index < -0.39 is 0 Å². The van der Waals surface area contributed by atoms with Gasteiger partial charge >= 0.3 is 0 Å². The minimum Gasteiger partial charge on any atom is -0.475 e. The predicted molar refractivity (Wildman–Crippen MR) is 70.7 cm³/mol. The van der Waals surface area contributed by atoms with E-state index in [1.165, 1.54) is 0 Å². The standard InChI is InChI=1S/C14H22N2O2/c1-2-7-15-10-12-5-3-8-16-14(12)18-11-13-6-4-9-17-13/h3,5,8,13,15H,2,4,6-7,9-11H2,1H3. The molecule has 1 aromatic heterocycles. The molecule has 0 spiro atoms. The zero-order chi connectivity index (χ0) is 12.6. The van der Waals surface area contributed by atoms with Gasteiger partial charge in [0, 0.05) is 24.9 Å². The van der Waals surface area contributed by atoms with E-state index in [0.29, 0.717) is 6.61 Å². The van der Waals surface area contributed by atoms with Gasteiger partial charge in [0.05, 0.1) is 6.10 Å². The zero-order valence-corrected chi connectivity index (χ0v) is 11.0. The van der Waals surface area contributed by atoms with Gasteiger partial charge in [-0.1, -0.05) is 13.0 Å². The number of ether oxygens (including phenoxy) is 2. The minimum absolute atomic E-state index is 0.239. The van der Waals surface area contributed by atoms with Crippen LogP contribution < -0.4 is 10.1 Å². The lowest BCUT2D eigenvalue weighted by atomic mass is 10.2. The molecule has 0 aliphatic carbocycles. The molecule has 1 N–H and O–H groups in total. The molecular formula is C14H22N2O2. The summed E-state index contributed by atoms with van der Waals surface area (Å²) in [5, 5.41) is 3.37. The third-order valence-electron chi connectivity index (χ3n) is 3.02. The van der Waals surface area contributed by atoms with Crippen LogP contribution in [0.2, 0.25) is 0 Å². The summed E-state index contributed by atoms with van der Waals surface area (Å²) >= 11 is 0. The van der Waals surface area contributed by atoms with Crippen molar-refractivity contribution in [2.45, 2.75) is 38.8 Å². The van der Waals surface area contributed by atoms with Crippen LogP contribution in [0.1, 0.15) is 31.7 Å². The Bertz CT molecular complexity index is 351. The number of hydrogen-bond donors (Lipinski definition) is 1. The Balaban J connectivity index is 1.85. The van der Waals surface area contributed by atoms with E-state index in [2.05, 4.69) is 23.3 Å². The van der Waals surface area contributed by atoms with Crippen molar-refractivity contribution in [1.82, 2.24) is 10.3 Å².